The molecule has 2 unspecified atom stereocenters. The van der Waals surface area contributed by atoms with Gasteiger partial charge in [-0.1, -0.05) is 24.2 Å². The molecule has 0 N–H and O–H groups in total. The Morgan fingerprint density at radius 2 is 2.04 bits per heavy atom. The SMILES string of the molecule is Cc1cccc(S(=O)(=O)N2CC(C)C(c3nc(-c4cccnc4)no3)C2)c1. The van der Waals surface area contributed by atoms with Crippen molar-refractivity contribution in [3.05, 3.63) is 60.2 Å². The van der Waals surface area contributed by atoms with Gasteiger partial charge in [-0.15, -0.1) is 0 Å². The molecule has 1 aliphatic heterocycles. The monoisotopic (exact) mass is 384 g/mol. The Morgan fingerprint density at radius 3 is 2.78 bits per heavy atom. The molecule has 140 valence electrons. The van der Waals surface area contributed by atoms with Crippen LogP contribution < -0.4 is 0 Å². The first-order chi connectivity index (χ1) is 12.9. The third kappa shape index (κ3) is 3.38. The first-order valence-corrected chi connectivity index (χ1v) is 10.2. The average Bonchev–Trinajstić information content (AvgIpc) is 3.29. The predicted molar refractivity (Wildman–Crippen MR) is 99.4 cm³/mol. The van der Waals surface area contributed by atoms with Crippen LogP contribution in [0.1, 0.15) is 24.3 Å². The van der Waals surface area contributed by atoms with Crippen LogP contribution in [0.5, 0.6) is 0 Å². The Kier molecular flexibility index (Phi) is 4.53. The van der Waals surface area contributed by atoms with Gasteiger partial charge in [0.2, 0.25) is 21.7 Å². The summed E-state index contributed by atoms with van der Waals surface area (Å²) in [5.41, 5.74) is 1.68. The molecule has 0 radical (unpaired) electrons. The van der Waals surface area contributed by atoms with Gasteiger partial charge in [0, 0.05) is 31.0 Å². The molecule has 0 aliphatic carbocycles. The zero-order valence-corrected chi connectivity index (χ0v) is 15.9. The van der Waals surface area contributed by atoms with Crippen LogP contribution in [-0.2, 0) is 10.0 Å². The van der Waals surface area contributed by atoms with E-state index in [2.05, 4.69) is 15.1 Å². The van der Waals surface area contributed by atoms with Crippen LogP contribution in [-0.4, -0.2) is 40.9 Å². The van der Waals surface area contributed by atoms with Gasteiger partial charge in [0.1, 0.15) is 0 Å². The Balaban J connectivity index is 1.58. The highest BCUT2D eigenvalue weighted by atomic mass is 32.2. The number of hydrogen-bond donors (Lipinski definition) is 0. The van der Waals surface area contributed by atoms with Gasteiger partial charge in [-0.25, -0.2) is 8.42 Å². The number of pyridine rings is 1. The molecule has 4 rings (SSSR count). The minimum atomic E-state index is -3.55. The van der Waals surface area contributed by atoms with Crippen molar-refractivity contribution in [2.75, 3.05) is 13.1 Å². The average molecular weight is 384 g/mol. The van der Waals surface area contributed by atoms with Crippen LogP contribution in [0.15, 0.2) is 58.2 Å². The molecule has 0 bridgehead atoms. The highest BCUT2D eigenvalue weighted by Gasteiger charge is 2.40. The second-order valence-corrected chi connectivity index (χ2v) is 8.86. The summed E-state index contributed by atoms with van der Waals surface area (Å²) in [6.07, 6.45) is 3.35. The molecule has 8 heteroatoms. The molecule has 0 saturated carbocycles. The minimum absolute atomic E-state index is 0.0757. The largest absolute Gasteiger partial charge is 0.339 e. The van der Waals surface area contributed by atoms with E-state index in [9.17, 15) is 8.42 Å². The molecule has 1 aliphatic rings. The number of hydrogen-bond acceptors (Lipinski definition) is 6. The van der Waals surface area contributed by atoms with E-state index in [1.54, 1.807) is 36.7 Å². The number of aromatic nitrogens is 3. The lowest BCUT2D eigenvalue weighted by Crippen LogP contribution is -2.29. The molecular weight excluding hydrogens is 364 g/mol. The van der Waals surface area contributed by atoms with Gasteiger partial charge in [0.15, 0.2) is 0 Å². The summed E-state index contributed by atoms with van der Waals surface area (Å²) in [6, 6.07) is 10.6. The standard InChI is InChI=1S/C19H20N4O3S/c1-13-5-3-7-16(9-13)27(24,25)23-11-14(2)17(12-23)19-21-18(22-26-19)15-6-4-8-20-10-15/h3-10,14,17H,11-12H2,1-2H3. The van der Waals surface area contributed by atoms with Crippen LogP contribution >= 0.6 is 0 Å². The van der Waals surface area contributed by atoms with E-state index in [0.717, 1.165) is 11.1 Å². The van der Waals surface area contributed by atoms with E-state index in [-0.39, 0.29) is 11.8 Å². The molecule has 1 aromatic carbocycles. The summed E-state index contributed by atoms with van der Waals surface area (Å²) in [5, 5.41) is 4.03. The molecular formula is C19H20N4O3S. The number of aryl methyl sites for hydroxylation is 1. The quantitative estimate of drug-likeness (QED) is 0.687. The molecule has 0 amide bonds. The Hall–Kier alpha value is -2.58. The molecule has 2 aromatic heterocycles. The van der Waals surface area contributed by atoms with Gasteiger partial charge in [-0.2, -0.15) is 9.29 Å². The molecule has 1 fully saturated rings. The van der Waals surface area contributed by atoms with Gasteiger partial charge in [0.25, 0.3) is 0 Å². The predicted octanol–water partition coefficient (Wildman–Crippen LogP) is 2.86. The van der Waals surface area contributed by atoms with Crippen LogP contribution in [0.2, 0.25) is 0 Å². The fraction of sp³-hybridized carbons (Fsp3) is 0.316. The van der Waals surface area contributed by atoms with Gasteiger partial charge in [-0.05, 0) is 42.7 Å². The Morgan fingerprint density at radius 1 is 1.19 bits per heavy atom. The second-order valence-electron chi connectivity index (χ2n) is 6.92. The first-order valence-electron chi connectivity index (χ1n) is 8.76. The minimum Gasteiger partial charge on any atom is -0.339 e. The van der Waals surface area contributed by atoms with Crippen LogP contribution in [0.3, 0.4) is 0 Å². The van der Waals surface area contributed by atoms with Crippen molar-refractivity contribution < 1.29 is 12.9 Å². The summed E-state index contributed by atoms with van der Waals surface area (Å²) < 4.78 is 32.9. The van der Waals surface area contributed by atoms with Crippen molar-refractivity contribution in [2.24, 2.45) is 5.92 Å². The summed E-state index contributed by atoms with van der Waals surface area (Å²) in [6.45, 7) is 4.63. The number of rotatable bonds is 4. The number of benzene rings is 1. The van der Waals surface area contributed by atoms with Crippen molar-refractivity contribution in [2.45, 2.75) is 24.7 Å². The topological polar surface area (TPSA) is 89.2 Å². The summed E-state index contributed by atoms with van der Waals surface area (Å²) in [4.78, 5) is 8.85. The van der Waals surface area contributed by atoms with Crippen LogP contribution in [0.4, 0.5) is 0 Å². The van der Waals surface area contributed by atoms with Gasteiger partial charge in [-0.3, -0.25) is 4.98 Å². The maximum absolute atomic E-state index is 13.0. The van der Waals surface area contributed by atoms with E-state index in [0.29, 0.717) is 29.7 Å². The maximum atomic E-state index is 13.0. The third-order valence-electron chi connectivity index (χ3n) is 4.88. The number of sulfonamides is 1. The van der Waals surface area contributed by atoms with Crippen molar-refractivity contribution in [1.29, 1.82) is 0 Å². The molecule has 1 saturated heterocycles. The Bertz CT molecular complexity index is 1050. The normalized spacial score (nSPS) is 20.8. The zero-order valence-electron chi connectivity index (χ0n) is 15.1. The van der Waals surface area contributed by atoms with Crippen molar-refractivity contribution >= 4 is 10.0 Å². The maximum Gasteiger partial charge on any atom is 0.243 e. The lowest BCUT2D eigenvalue weighted by Gasteiger charge is -2.16. The second kappa shape index (κ2) is 6.86. The van der Waals surface area contributed by atoms with Crippen molar-refractivity contribution in [3.8, 4) is 11.4 Å². The van der Waals surface area contributed by atoms with Gasteiger partial charge >= 0.3 is 0 Å². The highest BCUT2D eigenvalue weighted by Crippen LogP contribution is 2.35. The summed E-state index contributed by atoms with van der Waals surface area (Å²) in [5.74, 6) is 0.864. The highest BCUT2D eigenvalue weighted by molar-refractivity contribution is 7.89. The lowest BCUT2D eigenvalue weighted by atomic mass is 9.98. The van der Waals surface area contributed by atoms with Gasteiger partial charge in [0.05, 0.1) is 10.8 Å². The van der Waals surface area contributed by atoms with E-state index >= 15 is 0 Å². The van der Waals surface area contributed by atoms with E-state index in [1.807, 2.05) is 26.0 Å². The summed E-state index contributed by atoms with van der Waals surface area (Å²) >= 11 is 0. The Labute approximate surface area is 158 Å². The zero-order chi connectivity index (χ0) is 19.0. The van der Waals surface area contributed by atoms with Gasteiger partial charge < -0.3 is 4.52 Å². The van der Waals surface area contributed by atoms with E-state index in [1.165, 1.54) is 4.31 Å². The molecule has 27 heavy (non-hydrogen) atoms. The van der Waals surface area contributed by atoms with Crippen LogP contribution in [0, 0.1) is 12.8 Å². The molecule has 7 nitrogen and oxygen atoms in total. The number of nitrogens with zero attached hydrogens (tertiary/aromatic N) is 4. The van der Waals surface area contributed by atoms with Crippen molar-refractivity contribution in [1.82, 2.24) is 19.4 Å². The fourth-order valence-corrected chi connectivity index (χ4v) is 5.03. The van der Waals surface area contributed by atoms with Crippen LogP contribution in [0.25, 0.3) is 11.4 Å². The van der Waals surface area contributed by atoms with E-state index in [4.69, 9.17) is 4.52 Å². The van der Waals surface area contributed by atoms with Crippen molar-refractivity contribution in [3.63, 3.8) is 0 Å². The van der Waals surface area contributed by atoms with E-state index < -0.39 is 10.0 Å². The fourth-order valence-electron chi connectivity index (χ4n) is 3.36. The lowest BCUT2D eigenvalue weighted by molar-refractivity contribution is 0.338. The first kappa shape index (κ1) is 17.8. The molecule has 3 heterocycles. The smallest absolute Gasteiger partial charge is 0.243 e. The molecule has 2 atom stereocenters. The molecule has 0 spiro atoms. The summed E-state index contributed by atoms with van der Waals surface area (Å²) in [7, 11) is -3.55. The third-order valence-corrected chi connectivity index (χ3v) is 6.71. The molecule has 3 aromatic rings.